The number of hydrogen-bond acceptors (Lipinski definition) is 2. The first kappa shape index (κ1) is 12.2. The molecule has 0 aliphatic heterocycles. The lowest BCUT2D eigenvalue weighted by Crippen LogP contribution is -2.07. The first-order chi connectivity index (χ1) is 8.08. The molecule has 0 bridgehead atoms. The molecular formula is C15H19NS. The molecule has 1 atom stereocenters. The molecule has 1 N–H and O–H groups in total. The number of hydrogen-bond donors (Lipinski definition) is 1. The Hall–Kier alpha value is -1.28. The van der Waals surface area contributed by atoms with Crippen molar-refractivity contribution in [2.75, 3.05) is 5.32 Å². The molecule has 2 heteroatoms. The molecule has 0 saturated heterocycles. The molecule has 1 aromatic heterocycles. The van der Waals surface area contributed by atoms with E-state index in [2.05, 4.69) is 62.7 Å². The van der Waals surface area contributed by atoms with Crippen LogP contribution in [0.1, 0.15) is 34.5 Å². The maximum absolute atomic E-state index is 3.59. The molecule has 1 unspecified atom stereocenters. The molecule has 1 aromatic carbocycles. The van der Waals surface area contributed by atoms with Crippen molar-refractivity contribution in [2.45, 2.75) is 33.7 Å². The van der Waals surface area contributed by atoms with Gasteiger partial charge < -0.3 is 5.32 Å². The average molecular weight is 245 g/mol. The van der Waals surface area contributed by atoms with Crippen molar-refractivity contribution >= 4 is 17.0 Å². The lowest BCUT2D eigenvalue weighted by Gasteiger charge is -2.17. The number of aryl methyl sites for hydroxylation is 3. The summed E-state index contributed by atoms with van der Waals surface area (Å²) in [5.41, 5.74) is 5.23. The van der Waals surface area contributed by atoms with Gasteiger partial charge in [0.1, 0.15) is 0 Å². The summed E-state index contributed by atoms with van der Waals surface area (Å²) >= 11 is 1.82. The molecule has 90 valence electrons. The summed E-state index contributed by atoms with van der Waals surface area (Å²) in [7, 11) is 0. The smallest absolute Gasteiger partial charge is 0.0581 e. The third kappa shape index (κ3) is 2.70. The van der Waals surface area contributed by atoms with Gasteiger partial charge in [-0.15, -0.1) is 11.3 Å². The largest absolute Gasteiger partial charge is 0.377 e. The second-order valence-electron chi connectivity index (χ2n) is 4.65. The van der Waals surface area contributed by atoms with Crippen molar-refractivity contribution in [3.63, 3.8) is 0 Å². The first-order valence-corrected chi connectivity index (χ1v) is 6.83. The molecule has 0 saturated carbocycles. The topological polar surface area (TPSA) is 12.0 Å². The summed E-state index contributed by atoms with van der Waals surface area (Å²) in [4.78, 5) is 1.42. The van der Waals surface area contributed by atoms with Crippen LogP contribution in [0.25, 0.3) is 0 Å². The highest BCUT2D eigenvalue weighted by molar-refractivity contribution is 7.10. The fourth-order valence-electron chi connectivity index (χ4n) is 2.10. The van der Waals surface area contributed by atoms with Gasteiger partial charge in [-0.3, -0.25) is 0 Å². The van der Waals surface area contributed by atoms with Gasteiger partial charge in [0.05, 0.1) is 6.04 Å². The minimum absolute atomic E-state index is 0.372. The average Bonchev–Trinajstić information content (AvgIpc) is 2.68. The first-order valence-electron chi connectivity index (χ1n) is 5.95. The van der Waals surface area contributed by atoms with E-state index in [0.717, 1.165) is 0 Å². The van der Waals surface area contributed by atoms with Gasteiger partial charge in [-0.1, -0.05) is 17.7 Å². The van der Waals surface area contributed by atoms with Crippen molar-refractivity contribution in [3.05, 3.63) is 51.2 Å². The molecule has 0 spiro atoms. The van der Waals surface area contributed by atoms with Crippen molar-refractivity contribution in [3.8, 4) is 0 Å². The zero-order valence-electron chi connectivity index (χ0n) is 10.9. The number of benzene rings is 1. The third-order valence-corrected chi connectivity index (χ3v) is 4.25. The van der Waals surface area contributed by atoms with E-state index < -0.39 is 0 Å². The van der Waals surface area contributed by atoms with Gasteiger partial charge in [-0.05, 0) is 56.3 Å². The van der Waals surface area contributed by atoms with Crippen molar-refractivity contribution in [1.29, 1.82) is 0 Å². The van der Waals surface area contributed by atoms with Gasteiger partial charge >= 0.3 is 0 Å². The van der Waals surface area contributed by atoms with Crippen LogP contribution >= 0.6 is 11.3 Å². The van der Waals surface area contributed by atoms with Gasteiger partial charge in [0, 0.05) is 10.6 Å². The Bertz CT molecular complexity index is 513. The molecule has 0 aliphatic carbocycles. The van der Waals surface area contributed by atoms with Crippen LogP contribution in [0.4, 0.5) is 5.69 Å². The molecule has 2 rings (SSSR count). The highest BCUT2D eigenvalue weighted by Crippen LogP contribution is 2.28. The van der Waals surface area contributed by atoms with Gasteiger partial charge in [-0.25, -0.2) is 0 Å². The summed E-state index contributed by atoms with van der Waals surface area (Å²) < 4.78 is 0. The molecule has 0 amide bonds. The Morgan fingerprint density at radius 1 is 1.06 bits per heavy atom. The number of nitrogens with one attached hydrogen (secondary N) is 1. The van der Waals surface area contributed by atoms with Crippen LogP contribution in [-0.2, 0) is 0 Å². The van der Waals surface area contributed by atoms with E-state index >= 15 is 0 Å². The van der Waals surface area contributed by atoms with Gasteiger partial charge in [0.2, 0.25) is 0 Å². The SMILES string of the molecule is Cc1ccc(NC(C)c2sccc2C)c(C)c1. The molecule has 17 heavy (non-hydrogen) atoms. The zero-order valence-corrected chi connectivity index (χ0v) is 11.7. The minimum Gasteiger partial charge on any atom is -0.377 e. The van der Waals surface area contributed by atoms with E-state index in [9.17, 15) is 0 Å². The van der Waals surface area contributed by atoms with Crippen LogP contribution in [0.5, 0.6) is 0 Å². The maximum atomic E-state index is 3.59. The molecule has 0 radical (unpaired) electrons. The van der Waals surface area contributed by atoms with Crippen LogP contribution in [0.2, 0.25) is 0 Å². The number of anilines is 1. The molecule has 0 aliphatic rings. The fraction of sp³-hybridized carbons (Fsp3) is 0.333. The van der Waals surface area contributed by atoms with Crippen molar-refractivity contribution < 1.29 is 0 Å². The quantitative estimate of drug-likeness (QED) is 0.815. The predicted molar refractivity (Wildman–Crippen MR) is 77.0 cm³/mol. The van der Waals surface area contributed by atoms with Crippen LogP contribution in [0, 0.1) is 20.8 Å². The van der Waals surface area contributed by atoms with E-state index in [-0.39, 0.29) is 0 Å². The van der Waals surface area contributed by atoms with Gasteiger partial charge in [-0.2, -0.15) is 0 Å². The number of thiophene rings is 1. The summed E-state index contributed by atoms with van der Waals surface area (Å²) in [5, 5.41) is 5.75. The van der Waals surface area contributed by atoms with Gasteiger partial charge in [0.15, 0.2) is 0 Å². The molecule has 1 nitrogen and oxygen atoms in total. The van der Waals surface area contributed by atoms with Crippen LogP contribution in [0.3, 0.4) is 0 Å². The summed E-state index contributed by atoms with van der Waals surface area (Å²) in [6, 6.07) is 9.10. The van der Waals surface area contributed by atoms with Crippen LogP contribution in [-0.4, -0.2) is 0 Å². The standard InChI is InChI=1S/C15H19NS/c1-10-5-6-14(12(3)9-10)16-13(4)15-11(2)7-8-17-15/h5-9,13,16H,1-4H3. The Morgan fingerprint density at radius 3 is 2.41 bits per heavy atom. The highest BCUT2D eigenvalue weighted by Gasteiger charge is 2.10. The van der Waals surface area contributed by atoms with Gasteiger partial charge in [0.25, 0.3) is 0 Å². The van der Waals surface area contributed by atoms with E-state index in [4.69, 9.17) is 0 Å². The summed E-state index contributed by atoms with van der Waals surface area (Å²) in [5.74, 6) is 0. The zero-order chi connectivity index (χ0) is 12.4. The lowest BCUT2D eigenvalue weighted by molar-refractivity contribution is 0.896. The monoisotopic (exact) mass is 245 g/mol. The summed E-state index contributed by atoms with van der Waals surface area (Å²) in [6.07, 6.45) is 0. The number of rotatable bonds is 3. The Morgan fingerprint density at radius 2 is 1.82 bits per heavy atom. The van der Waals surface area contributed by atoms with Crippen molar-refractivity contribution in [2.24, 2.45) is 0 Å². The maximum Gasteiger partial charge on any atom is 0.0581 e. The minimum atomic E-state index is 0.372. The Balaban J connectivity index is 2.19. The van der Waals surface area contributed by atoms with E-state index in [1.165, 1.54) is 27.3 Å². The lowest BCUT2D eigenvalue weighted by atomic mass is 10.1. The Kier molecular flexibility index (Phi) is 3.53. The van der Waals surface area contributed by atoms with Crippen LogP contribution in [0.15, 0.2) is 29.6 Å². The Labute approximate surface area is 108 Å². The predicted octanol–water partition coefficient (Wildman–Crippen LogP) is 4.85. The van der Waals surface area contributed by atoms with E-state index in [1.54, 1.807) is 0 Å². The second-order valence-corrected chi connectivity index (χ2v) is 5.60. The van der Waals surface area contributed by atoms with Crippen LogP contribution < -0.4 is 5.32 Å². The molecular weight excluding hydrogens is 226 g/mol. The molecule has 2 aromatic rings. The molecule has 0 fully saturated rings. The highest BCUT2D eigenvalue weighted by atomic mass is 32.1. The second kappa shape index (κ2) is 4.92. The van der Waals surface area contributed by atoms with E-state index in [0.29, 0.717) is 6.04 Å². The fourth-order valence-corrected chi connectivity index (χ4v) is 3.04. The third-order valence-electron chi connectivity index (χ3n) is 3.05. The summed E-state index contributed by atoms with van der Waals surface area (Å²) in [6.45, 7) is 8.68. The van der Waals surface area contributed by atoms with E-state index in [1.807, 2.05) is 11.3 Å². The van der Waals surface area contributed by atoms with Crippen molar-refractivity contribution in [1.82, 2.24) is 0 Å². The normalized spacial score (nSPS) is 12.5. The molecule has 1 heterocycles.